The lowest BCUT2D eigenvalue weighted by atomic mass is 9.52. The van der Waals surface area contributed by atoms with Crippen LogP contribution in [-0.4, -0.2) is 56.5 Å². The standard InChI is InChI=1S/C35H33N3O7/c1-34-14-22-16-36-17-24(43-18-20-10-6-4-7-11-20)25(22)29(39)27(34)32(41)35(42)23(15-34)28(38(2)3)30-26(31(35)40)33(37-45-30)44-19-21-12-8-5-9-13-21/h4-13,16-17,23,28,39,42H,14-15,18-19H2,1-3H3/t23-,28-,34-,35+/m0/s1. The summed E-state index contributed by atoms with van der Waals surface area (Å²) in [6.45, 7) is 2.21. The third-order valence-corrected chi connectivity index (χ3v) is 9.35. The first kappa shape index (κ1) is 28.9. The monoisotopic (exact) mass is 607 g/mol. The van der Waals surface area contributed by atoms with Gasteiger partial charge in [0.15, 0.2) is 11.4 Å². The SMILES string of the molecule is CN(C)[C@@H]1c2onc(OCc3ccccc3)c2C(=O)[C@@]2(O)C(=O)C3=C(O)c4c(cncc4OCc4ccccc4)C[C@@]3(C)C[C@@H]12. The molecule has 10 nitrogen and oxygen atoms in total. The minimum atomic E-state index is -2.49. The fourth-order valence-corrected chi connectivity index (χ4v) is 7.30. The van der Waals surface area contributed by atoms with Crippen molar-refractivity contribution in [3.63, 3.8) is 0 Å². The van der Waals surface area contributed by atoms with Gasteiger partial charge in [0, 0.05) is 23.1 Å². The molecule has 3 aliphatic rings. The number of nitrogens with zero attached hydrogens (tertiary/aromatic N) is 3. The summed E-state index contributed by atoms with van der Waals surface area (Å²) in [4.78, 5) is 35.0. The van der Waals surface area contributed by atoms with E-state index in [0.717, 1.165) is 11.1 Å². The van der Waals surface area contributed by atoms with Crippen LogP contribution in [0.15, 0.2) is 83.2 Å². The second kappa shape index (κ2) is 10.7. The maximum atomic E-state index is 14.6. The number of rotatable bonds is 7. The van der Waals surface area contributed by atoms with E-state index in [1.807, 2.05) is 72.5 Å². The van der Waals surface area contributed by atoms with Gasteiger partial charge in [-0.3, -0.25) is 19.5 Å². The first-order chi connectivity index (χ1) is 21.6. The average Bonchev–Trinajstić information content (AvgIpc) is 3.45. The normalized spacial score (nSPS) is 25.4. The van der Waals surface area contributed by atoms with Gasteiger partial charge < -0.3 is 24.2 Å². The number of carbonyl (C=O) groups is 2. The van der Waals surface area contributed by atoms with Crippen molar-refractivity contribution >= 4 is 17.3 Å². The van der Waals surface area contributed by atoms with Crippen molar-refractivity contribution in [3.8, 4) is 11.6 Å². The molecule has 2 heterocycles. The van der Waals surface area contributed by atoms with Gasteiger partial charge in [-0.05, 0) is 48.8 Å². The number of carbonyl (C=O) groups excluding carboxylic acids is 2. The van der Waals surface area contributed by atoms with Crippen molar-refractivity contribution in [2.75, 3.05) is 14.1 Å². The molecule has 0 bridgehead atoms. The van der Waals surface area contributed by atoms with Gasteiger partial charge in [-0.1, -0.05) is 67.6 Å². The number of hydrogen-bond acceptors (Lipinski definition) is 10. The largest absolute Gasteiger partial charge is 0.507 e. The summed E-state index contributed by atoms with van der Waals surface area (Å²) in [5, 5.41) is 28.2. The van der Waals surface area contributed by atoms with Crippen LogP contribution in [0, 0.1) is 11.3 Å². The molecule has 10 heteroatoms. The second-order valence-corrected chi connectivity index (χ2v) is 12.6. The molecule has 2 aromatic heterocycles. The molecule has 2 aromatic carbocycles. The van der Waals surface area contributed by atoms with Gasteiger partial charge in [-0.2, -0.15) is 0 Å². The van der Waals surface area contributed by atoms with Crippen molar-refractivity contribution in [2.24, 2.45) is 11.3 Å². The van der Waals surface area contributed by atoms with Crippen LogP contribution in [0.1, 0.15) is 57.8 Å². The number of hydrogen-bond donors (Lipinski definition) is 2. The van der Waals surface area contributed by atoms with Crippen LogP contribution in [0.2, 0.25) is 0 Å². The molecule has 7 rings (SSSR count). The number of benzene rings is 2. The molecule has 4 atom stereocenters. The van der Waals surface area contributed by atoms with E-state index < -0.39 is 34.5 Å². The lowest BCUT2D eigenvalue weighted by Gasteiger charge is -2.53. The van der Waals surface area contributed by atoms with Gasteiger partial charge in [0.2, 0.25) is 11.6 Å². The Kier molecular flexibility index (Phi) is 6.87. The Labute approximate surface area is 259 Å². The highest BCUT2D eigenvalue weighted by molar-refractivity contribution is 6.26. The Morgan fingerprint density at radius 2 is 1.58 bits per heavy atom. The van der Waals surface area contributed by atoms with Crippen LogP contribution in [0.4, 0.5) is 0 Å². The zero-order chi connectivity index (χ0) is 31.5. The number of ketones is 2. The van der Waals surface area contributed by atoms with E-state index in [1.54, 1.807) is 20.3 Å². The summed E-state index contributed by atoms with van der Waals surface area (Å²) >= 11 is 0. The smallest absolute Gasteiger partial charge is 0.265 e. The van der Waals surface area contributed by atoms with Crippen molar-refractivity contribution in [3.05, 3.63) is 112 Å². The van der Waals surface area contributed by atoms with E-state index in [0.29, 0.717) is 23.3 Å². The van der Waals surface area contributed by atoms with Gasteiger partial charge >= 0.3 is 0 Å². The predicted octanol–water partition coefficient (Wildman–Crippen LogP) is 4.88. The van der Waals surface area contributed by atoms with Gasteiger partial charge in [0.25, 0.3) is 5.88 Å². The lowest BCUT2D eigenvalue weighted by molar-refractivity contribution is -0.145. The predicted molar refractivity (Wildman–Crippen MR) is 162 cm³/mol. The Bertz CT molecular complexity index is 1830. The fourth-order valence-electron chi connectivity index (χ4n) is 7.30. The van der Waals surface area contributed by atoms with E-state index >= 15 is 0 Å². The molecule has 0 unspecified atom stereocenters. The van der Waals surface area contributed by atoms with Gasteiger partial charge in [0.05, 0.1) is 17.8 Å². The first-order valence-corrected chi connectivity index (χ1v) is 14.9. The van der Waals surface area contributed by atoms with E-state index in [2.05, 4.69) is 10.1 Å². The third-order valence-electron chi connectivity index (χ3n) is 9.35. The molecular formula is C35H33N3O7. The number of fused-ring (bicyclic) bond motifs is 4. The lowest BCUT2D eigenvalue weighted by Crippen LogP contribution is -2.65. The van der Waals surface area contributed by atoms with Crippen LogP contribution in [0.3, 0.4) is 0 Å². The van der Waals surface area contributed by atoms with Crippen molar-refractivity contribution in [1.82, 2.24) is 15.0 Å². The number of aliphatic hydroxyl groups excluding tert-OH is 1. The number of aliphatic hydroxyl groups is 2. The van der Waals surface area contributed by atoms with Crippen LogP contribution < -0.4 is 9.47 Å². The Balaban J connectivity index is 1.30. The van der Waals surface area contributed by atoms with Crippen molar-refractivity contribution in [2.45, 2.75) is 44.6 Å². The van der Waals surface area contributed by atoms with Crippen LogP contribution >= 0.6 is 0 Å². The van der Waals surface area contributed by atoms with Gasteiger partial charge in [0.1, 0.15) is 30.3 Å². The average molecular weight is 608 g/mol. The number of pyridine rings is 1. The summed E-state index contributed by atoms with van der Waals surface area (Å²) < 4.78 is 17.7. The Hall–Kier alpha value is -4.80. The molecule has 0 spiro atoms. The van der Waals surface area contributed by atoms with Gasteiger partial charge in [-0.25, -0.2) is 0 Å². The maximum absolute atomic E-state index is 14.6. The molecule has 1 fully saturated rings. The summed E-state index contributed by atoms with van der Waals surface area (Å²) in [6.07, 6.45) is 3.71. The number of aromatic nitrogens is 2. The summed E-state index contributed by atoms with van der Waals surface area (Å²) in [5.74, 6) is -2.43. The molecule has 45 heavy (non-hydrogen) atoms. The van der Waals surface area contributed by atoms with E-state index in [1.165, 1.54) is 6.20 Å². The zero-order valence-corrected chi connectivity index (χ0v) is 25.2. The summed E-state index contributed by atoms with van der Waals surface area (Å²) in [7, 11) is 3.59. The number of Topliss-reactive ketones (excluding diaryl/α,β-unsaturated/α-hetero) is 2. The maximum Gasteiger partial charge on any atom is 0.265 e. The first-order valence-electron chi connectivity index (χ1n) is 14.9. The van der Waals surface area contributed by atoms with Crippen molar-refractivity contribution < 1.29 is 33.8 Å². The summed E-state index contributed by atoms with van der Waals surface area (Å²) in [5.41, 5.74) is -0.642. The minimum Gasteiger partial charge on any atom is -0.507 e. The highest BCUT2D eigenvalue weighted by atomic mass is 16.5. The van der Waals surface area contributed by atoms with E-state index in [-0.39, 0.29) is 48.2 Å². The summed E-state index contributed by atoms with van der Waals surface area (Å²) in [6, 6.07) is 18.2. The van der Waals surface area contributed by atoms with E-state index in [4.69, 9.17) is 14.0 Å². The topological polar surface area (TPSA) is 135 Å². The van der Waals surface area contributed by atoms with Crippen LogP contribution in [0.25, 0.3) is 5.76 Å². The zero-order valence-electron chi connectivity index (χ0n) is 25.2. The fraction of sp³-hybridized carbons (Fsp3) is 0.314. The highest BCUT2D eigenvalue weighted by Gasteiger charge is 2.67. The van der Waals surface area contributed by atoms with Crippen LogP contribution in [0.5, 0.6) is 11.6 Å². The molecular weight excluding hydrogens is 574 g/mol. The van der Waals surface area contributed by atoms with Gasteiger partial charge in [-0.15, -0.1) is 0 Å². The molecule has 3 aliphatic carbocycles. The quantitative estimate of drug-likeness (QED) is 0.280. The third kappa shape index (κ3) is 4.47. The molecule has 0 radical (unpaired) electrons. The molecule has 230 valence electrons. The molecule has 4 aromatic rings. The Morgan fingerprint density at radius 1 is 0.933 bits per heavy atom. The minimum absolute atomic E-state index is 0.00188. The van der Waals surface area contributed by atoms with Crippen molar-refractivity contribution in [1.29, 1.82) is 0 Å². The van der Waals surface area contributed by atoms with E-state index in [9.17, 15) is 19.8 Å². The molecule has 0 amide bonds. The molecule has 2 N–H and O–H groups in total. The molecule has 1 saturated carbocycles. The number of ether oxygens (including phenoxy) is 2. The highest BCUT2D eigenvalue weighted by Crippen LogP contribution is 2.60. The molecule has 0 saturated heterocycles. The molecule has 0 aliphatic heterocycles. The Morgan fingerprint density at radius 3 is 2.22 bits per heavy atom. The second-order valence-electron chi connectivity index (χ2n) is 12.6. The van der Waals surface area contributed by atoms with Crippen LogP contribution in [-0.2, 0) is 24.4 Å².